The lowest BCUT2D eigenvalue weighted by Crippen LogP contribution is -2.43. The third-order valence-corrected chi connectivity index (χ3v) is 3.54. The summed E-state index contributed by atoms with van der Waals surface area (Å²) in [6.07, 6.45) is 1.55. The Labute approximate surface area is 109 Å². The maximum absolute atomic E-state index is 12.3. The van der Waals surface area contributed by atoms with Gasteiger partial charge in [-0.05, 0) is 23.5 Å². The van der Waals surface area contributed by atoms with Gasteiger partial charge in [0.1, 0.15) is 0 Å². The van der Waals surface area contributed by atoms with E-state index in [2.05, 4.69) is 32.0 Å². The van der Waals surface area contributed by atoms with E-state index in [1.807, 2.05) is 11.0 Å². The van der Waals surface area contributed by atoms with Crippen molar-refractivity contribution in [3.63, 3.8) is 0 Å². The number of carbonyl (C=O) groups excluding carboxylic acids is 1. The van der Waals surface area contributed by atoms with Crippen molar-refractivity contribution in [1.29, 1.82) is 0 Å². The van der Waals surface area contributed by atoms with Gasteiger partial charge in [-0.2, -0.15) is 0 Å². The topological polar surface area (TPSA) is 46.3 Å². The van der Waals surface area contributed by atoms with Crippen molar-refractivity contribution in [2.75, 3.05) is 13.1 Å². The molecular weight excluding hydrogens is 224 g/mol. The summed E-state index contributed by atoms with van der Waals surface area (Å²) < 4.78 is 0. The predicted molar refractivity (Wildman–Crippen MR) is 73.1 cm³/mol. The summed E-state index contributed by atoms with van der Waals surface area (Å²) in [5.41, 5.74) is 8.44. The minimum absolute atomic E-state index is 0.0567. The second-order valence-corrected chi connectivity index (χ2v) is 5.39. The number of rotatable bonds is 3. The molecule has 1 aromatic rings. The van der Waals surface area contributed by atoms with E-state index >= 15 is 0 Å². The lowest BCUT2D eigenvalue weighted by Gasteiger charge is -2.37. The Morgan fingerprint density at radius 1 is 1.44 bits per heavy atom. The third-order valence-electron chi connectivity index (χ3n) is 3.54. The second-order valence-electron chi connectivity index (χ2n) is 5.39. The quantitative estimate of drug-likeness (QED) is 0.888. The predicted octanol–water partition coefficient (Wildman–Crippen LogP) is 2.12. The number of nitrogens with two attached hydrogens (primary N) is 1. The number of hydrogen-bond donors (Lipinski definition) is 1. The van der Waals surface area contributed by atoms with E-state index in [1.165, 1.54) is 11.1 Å². The number of hydrogen-bond acceptors (Lipinski definition) is 2. The highest BCUT2D eigenvalue weighted by atomic mass is 16.2. The van der Waals surface area contributed by atoms with Crippen LogP contribution in [0, 0.1) is 5.92 Å². The molecule has 2 rings (SSSR count). The summed E-state index contributed by atoms with van der Waals surface area (Å²) in [5.74, 6) is 0.628. The molecule has 1 heterocycles. The van der Waals surface area contributed by atoms with E-state index < -0.39 is 0 Å². The molecule has 98 valence electrons. The highest BCUT2D eigenvalue weighted by Gasteiger charge is 2.29. The molecule has 1 unspecified atom stereocenters. The summed E-state index contributed by atoms with van der Waals surface area (Å²) in [6.45, 7) is 5.45. The van der Waals surface area contributed by atoms with E-state index in [0.717, 1.165) is 13.0 Å². The molecule has 1 aromatic carbocycles. The molecule has 1 atom stereocenters. The monoisotopic (exact) mass is 246 g/mol. The SMILES string of the molecule is CC(C)CC(=O)N1CCc2ccccc2C1CN. The van der Waals surface area contributed by atoms with Gasteiger partial charge in [-0.1, -0.05) is 38.1 Å². The minimum Gasteiger partial charge on any atom is -0.334 e. The third kappa shape index (κ3) is 2.56. The largest absolute Gasteiger partial charge is 0.334 e. The first-order valence-corrected chi connectivity index (χ1v) is 6.70. The number of carbonyl (C=O) groups is 1. The lowest BCUT2D eigenvalue weighted by atomic mass is 9.92. The normalized spacial score (nSPS) is 18.9. The zero-order valence-corrected chi connectivity index (χ0v) is 11.2. The van der Waals surface area contributed by atoms with Crippen LogP contribution in [0.3, 0.4) is 0 Å². The van der Waals surface area contributed by atoms with Crippen molar-refractivity contribution in [3.05, 3.63) is 35.4 Å². The van der Waals surface area contributed by atoms with Gasteiger partial charge in [0, 0.05) is 19.5 Å². The average Bonchev–Trinajstić information content (AvgIpc) is 2.36. The molecule has 0 spiro atoms. The number of fused-ring (bicyclic) bond motifs is 1. The van der Waals surface area contributed by atoms with E-state index in [0.29, 0.717) is 18.9 Å². The summed E-state index contributed by atoms with van der Waals surface area (Å²) in [6, 6.07) is 8.38. The zero-order chi connectivity index (χ0) is 13.1. The number of amides is 1. The van der Waals surface area contributed by atoms with Gasteiger partial charge in [0.2, 0.25) is 5.91 Å². The van der Waals surface area contributed by atoms with Gasteiger partial charge in [-0.15, -0.1) is 0 Å². The molecule has 0 saturated heterocycles. The first-order chi connectivity index (χ1) is 8.63. The van der Waals surface area contributed by atoms with E-state index in [-0.39, 0.29) is 11.9 Å². The molecule has 3 nitrogen and oxygen atoms in total. The molecule has 1 aliphatic heterocycles. The van der Waals surface area contributed by atoms with Crippen LogP contribution in [0.15, 0.2) is 24.3 Å². The molecule has 0 aliphatic carbocycles. The van der Waals surface area contributed by atoms with Crippen molar-refractivity contribution in [3.8, 4) is 0 Å². The second kappa shape index (κ2) is 5.53. The highest BCUT2D eigenvalue weighted by molar-refractivity contribution is 5.77. The van der Waals surface area contributed by atoms with Crippen LogP contribution in [0.2, 0.25) is 0 Å². The highest BCUT2D eigenvalue weighted by Crippen LogP contribution is 2.29. The Bertz CT molecular complexity index is 428. The first kappa shape index (κ1) is 13.1. The van der Waals surface area contributed by atoms with Crippen molar-refractivity contribution in [2.45, 2.75) is 32.7 Å². The molecule has 3 heteroatoms. The fourth-order valence-corrected chi connectivity index (χ4v) is 2.67. The summed E-state index contributed by atoms with van der Waals surface area (Å²) >= 11 is 0. The number of nitrogens with zero attached hydrogens (tertiary/aromatic N) is 1. The standard InChI is InChI=1S/C15H22N2O/c1-11(2)9-15(18)17-8-7-12-5-3-4-6-13(12)14(17)10-16/h3-6,11,14H,7-10,16H2,1-2H3. The van der Waals surface area contributed by atoms with Crippen LogP contribution in [0.25, 0.3) is 0 Å². The maximum Gasteiger partial charge on any atom is 0.223 e. The van der Waals surface area contributed by atoms with Gasteiger partial charge < -0.3 is 10.6 Å². The lowest BCUT2D eigenvalue weighted by molar-refractivity contribution is -0.134. The van der Waals surface area contributed by atoms with Crippen LogP contribution in [-0.2, 0) is 11.2 Å². The Hall–Kier alpha value is -1.35. The van der Waals surface area contributed by atoms with Crippen molar-refractivity contribution in [1.82, 2.24) is 4.90 Å². The molecule has 1 aliphatic rings. The Kier molecular flexibility index (Phi) is 4.02. The summed E-state index contributed by atoms with van der Waals surface area (Å²) in [4.78, 5) is 14.2. The molecule has 0 radical (unpaired) electrons. The van der Waals surface area contributed by atoms with E-state index in [9.17, 15) is 4.79 Å². The van der Waals surface area contributed by atoms with Crippen LogP contribution < -0.4 is 5.73 Å². The van der Waals surface area contributed by atoms with Gasteiger partial charge in [0.25, 0.3) is 0 Å². The van der Waals surface area contributed by atoms with Gasteiger partial charge in [-0.25, -0.2) is 0 Å². The molecular formula is C15H22N2O. The van der Waals surface area contributed by atoms with Crippen LogP contribution in [0.5, 0.6) is 0 Å². The summed E-state index contributed by atoms with van der Waals surface area (Å²) in [5, 5.41) is 0. The molecule has 0 saturated carbocycles. The summed E-state index contributed by atoms with van der Waals surface area (Å²) in [7, 11) is 0. The first-order valence-electron chi connectivity index (χ1n) is 6.70. The molecule has 0 bridgehead atoms. The molecule has 0 aromatic heterocycles. The Morgan fingerprint density at radius 3 is 2.83 bits per heavy atom. The van der Waals surface area contributed by atoms with Crippen LogP contribution >= 0.6 is 0 Å². The Balaban J connectivity index is 2.23. The molecule has 0 fully saturated rings. The smallest absolute Gasteiger partial charge is 0.223 e. The van der Waals surface area contributed by atoms with Crippen molar-refractivity contribution < 1.29 is 4.79 Å². The Morgan fingerprint density at radius 2 is 2.17 bits per heavy atom. The van der Waals surface area contributed by atoms with Crippen LogP contribution in [-0.4, -0.2) is 23.9 Å². The van der Waals surface area contributed by atoms with Crippen LogP contribution in [0.1, 0.15) is 37.4 Å². The maximum atomic E-state index is 12.3. The molecule has 1 amide bonds. The fourth-order valence-electron chi connectivity index (χ4n) is 2.67. The molecule has 18 heavy (non-hydrogen) atoms. The van der Waals surface area contributed by atoms with Gasteiger partial charge in [0.05, 0.1) is 6.04 Å². The fraction of sp³-hybridized carbons (Fsp3) is 0.533. The van der Waals surface area contributed by atoms with E-state index in [1.54, 1.807) is 0 Å². The zero-order valence-electron chi connectivity index (χ0n) is 11.2. The number of benzene rings is 1. The van der Waals surface area contributed by atoms with Crippen LogP contribution in [0.4, 0.5) is 0 Å². The van der Waals surface area contributed by atoms with Gasteiger partial charge in [-0.3, -0.25) is 4.79 Å². The average molecular weight is 246 g/mol. The minimum atomic E-state index is 0.0567. The van der Waals surface area contributed by atoms with Crippen molar-refractivity contribution in [2.24, 2.45) is 11.7 Å². The molecule has 2 N–H and O–H groups in total. The van der Waals surface area contributed by atoms with Gasteiger partial charge >= 0.3 is 0 Å². The van der Waals surface area contributed by atoms with Crippen molar-refractivity contribution >= 4 is 5.91 Å². The van der Waals surface area contributed by atoms with Gasteiger partial charge in [0.15, 0.2) is 0 Å². The van der Waals surface area contributed by atoms with E-state index in [4.69, 9.17) is 5.73 Å².